The number of aliphatic hydroxyl groups is 1. The van der Waals surface area contributed by atoms with Crippen molar-refractivity contribution >= 4 is 17.5 Å². The van der Waals surface area contributed by atoms with E-state index in [2.05, 4.69) is 5.32 Å². The lowest BCUT2D eigenvalue weighted by Crippen LogP contribution is -2.28. The lowest BCUT2D eigenvalue weighted by Gasteiger charge is -2.09. The Morgan fingerprint density at radius 2 is 2.09 bits per heavy atom. The molecule has 2 atom stereocenters. The van der Waals surface area contributed by atoms with E-state index in [1.807, 2.05) is 18.2 Å². The number of halogens is 1. The summed E-state index contributed by atoms with van der Waals surface area (Å²) in [5.41, 5.74) is 0.766. The highest BCUT2D eigenvalue weighted by atomic mass is 35.5. The van der Waals surface area contributed by atoms with E-state index >= 15 is 0 Å². The summed E-state index contributed by atoms with van der Waals surface area (Å²) >= 11 is 6.12. The van der Waals surface area contributed by atoms with Crippen LogP contribution >= 0.6 is 11.6 Å². The van der Waals surface area contributed by atoms with Gasteiger partial charge in [0.05, 0.1) is 11.1 Å². The lowest BCUT2D eigenvalue weighted by molar-refractivity contribution is 0.0918. The van der Waals surface area contributed by atoms with Gasteiger partial charge in [-0.05, 0) is 49.4 Å². The molecule has 1 aromatic heterocycles. The van der Waals surface area contributed by atoms with Gasteiger partial charge in [0.25, 0.3) is 5.91 Å². The molecule has 3 rings (SSSR count). The monoisotopic (exact) mass is 319 g/mol. The number of carbonyl (C=O) groups excluding carboxylic acids is 1. The molecule has 1 aliphatic carbocycles. The van der Waals surface area contributed by atoms with Crippen molar-refractivity contribution in [2.24, 2.45) is 5.92 Å². The van der Waals surface area contributed by atoms with Gasteiger partial charge in [0, 0.05) is 12.1 Å². The van der Waals surface area contributed by atoms with Crippen LogP contribution in [0, 0.1) is 5.92 Å². The molecular formula is C17H18ClNO3. The molecule has 1 amide bonds. The smallest absolute Gasteiger partial charge is 0.287 e. The van der Waals surface area contributed by atoms with E-state index in [4.69, 9.17) is 16.0 Å². The largest absolute Gasteiger partial charge is 0.451 e. The Balaban J connectivity index is 1.63. The number of hydrogen-bond donors (Lipinski definition) is 2. The molecule has 0 unspecified atom stereocenters. The summed E-state index contributed by atoms with van der Waals surface area (Å²) in [7, 11) is 0. The summed E-state index contributed by atoms with van der Waals surface area (Å²) in [5.74, 6) is 0.956. The second kappa shape index (κ2) is 6.55. The van der Waals surface area contributed by atoms with E-state index in [9.17, 15) is 9.90 Å². The molecule has 116 valence electrons. The van der Waals surface area contributed by atoms with Gasteiger partial charge in [-0.15, -0.1) is 0 Å². The SMILES string of the molecule is O=C(NC[C@H]1CC[C@@H](O)C1)c1ccc(-c2ccccc2Cl)o1. The van der Waals surface area contributed by atoms with Crippen LogP contribution in [0.3, 0.4) is 0 Å². The Hall–Kier alpha value is -1.78. The zero-order valence-corrected chi connectivity index (χ0v) is 12.8. The molecule has 1 aromatic carbocycles. The highest BCUT2D eigenvalue weighted by Gasteiger charge is 2.23. The first kappa shape index (κ1) is 15.1. The van der Waals surface area contributed by atoms with Crippen molar-refractivity contribution in [1.82, 2.24) is 5.32 Å². The van der Waals surface area contributed by atoms with Crippen LogP contribution < -0.4 is 5.32 Å². The molecule has 4 nitrogen and oxygen atoms in total. The Morgan fingerprint density at radius 1 is 1.27 bits per heavy atom. The Bertz CT molecular complexity index is 667. The molecule has 22 heavy (non-hydrogen) atoms. The molecule has 2 aromatic rings. The third-order valence-electron chi connectivity index (χ3n) is 4.03. The molecule has 1 saturated carbocycles. The standard InChI is InChI=1S/C17H18ClNO3/c18-14-4-2-1-3-13(14)15-7-8-16(22-15)17(21)19-10-11-5-6-12(20)9-11/h1-4,7-8,11-12,20H,5-6,9-10H2,(H,19,21)/t11-,12+/m0/s1. The Morgan fingerprint density at radius 3 is 2.82 bits per heavy atom. The van der Waals surface area contributed by atoms with Gasteiger partial charge in [-0.3, -0.25) is 4.79 Å². The number of rotatable bonds is 4. The Kier molecular flexibility index (Phi) is 4.50. The van der Waals surface area contributed by atoms with E-state index in [0.717, 1.165) is 24.8 Å². The molecular weight excluding hydrogens is 302 g/mol. The maximum atomic E-state index is 12.1. The molecule has 0 saturated heterocycles. The predicted octanol–water partition coefficient (Wildman–Crippen LogP) is 3.49. The molecule has 0 aliphatic heterocycles. The second-order valence-corrected chi connectivity index (χ2v) is 6.09. The van der Waals surface area contributed by atoms with Crippen molar-refractivity contribution < 1.29 is 14.3 Å². The van der Waals surface area contributed by atoms with Gasteiger partial charge in [-0.25, -0.2) is 0 Å². The topological polar surface area (TPSA) is 62.5 Å². The molecule has 0 bridgehead atoms. The predicted molar refractivity (Wildman–Crippen MR) is 84.8 cm³/mol. The molecule has 2 N–H and O–H groups in total. The quantitative estimate of drug-likeness (QED) is 0.906. The van der Waals surface area contributed by atoms with Gasteiger partial charge >= 0.3 is 0 Å². The second-order valence-electron chi connectivity index (χ2n) is 5.69. The third-order valence-corrected chi connectivity index (χ3v) is 4.36. The maximum Gasteiger partial charge on any atom is 0.287 e. The van der Waals surface area contributed by atoms with Crippen LogP contribution in [-0.4, -0.2) is 23.7 Å². The Labute approximate surface area is 134 Å². The zero-order valence-electron chi connectivity index (χ0n) is 12.1. The van der Waals surface area contributed by atoms with Crippen molar-refractivity contribution in [2.75, 3.05) is 6.54 Å². The first-order valence-corrected chi connectivity index (χ1v) is 7.82. The van der Waals surface area contributed by atoms with E-state index < -0.39 is 0 Å². The summed E-state index contributed by atoms with van der Waals surface area (Å²) in [6, 6.07) is 10.7. The summed E-state index contributed by atoms with van der Waals surface area (Å²) in [4.78, 5) is 12.1. The van der Waals surface area contributed by atoms with Crippen molar-refractivity contribution in [3.05, 3.63) is 47.2 Å². The lowest BCUT2D eigenvalue weighted by atomic mass is 10.1. The van der Waals surface area contributed by atoms with E-state index in [0.29, 0.717) is 23.2 Å². The average Bonchev–Trinajstić information content (AvgIpc) is 3.14. The van der Waals surface area contributed by atoms with Crippen LogP contribution in [0.25, 0.3) is 11.3 Å². The minimum atomic E-state index is -0.236. The number of nitrogens with one attached hydrogen (secondary N) is 1. The minimum Gasteiger partial charge on any atom is -0.451 e. The van der Waals surface area contributed by atoms with Gasteiger partial charge in [-0.1, -0.05) is 23.7 Å². The molecule has 1 heterocycles. The van der Waals surface area contributed by atoms with Crippen molar-refractivity contribution in [3.8, 4) is 11.3 Å². The zero-order chi connectivity index (χ0) is 15.5. The van der Waals surface area contributed by atoms with Gasteiger partial charge < -0.3 is 14.8 Å². The third kappa shape index (κ3) is 3.34. The van der Waals surface area contributed by atoms with Crippen LogP contribution in [0.15, 0.2) is 40.8 Å². The number of carbonyl (C=O) groups is 1. The van der Waals surface area contributed by atoms with Crippen LogP contribution in [0.1, 0.15) is 29.8 Å². The first-order valence-electron chi connectivity index (χ1n) is 7.44. The number of furan rings is 1. The van der Waals surface area contributed by atoms with Crippen LogP contribution in [0.5, 0.6) is 0 Å². The summed E-state index contributed by atoms with van der Waals surface area (Å²) in [6.45, 7) is 0.567. The number of benzene rings is 1. The molecule has 1 aliphatic rings. The van der Waals surface area contributed by atoms with E-state index in [1.54, 1.807) is 18.2 Å². The number of amides is 1. The van der Waals surface area contributed by atoms with Crippen molar-refractivity contribution in [3.63, 3.8) is 0 Å². The maximum absolute atomic E-state index is 12.1. The van der Waals surface area contributed by atoms with Gasteiger partial charge in [0.2, 0.25) is 0 Å². The molecule has 0 spiro atoms. The number of hydrogen-bond acceptors (Lipinski definition) is 3. The van der Waals surface area contributed by atoms with E-state index in [-0.39, 0.29) is 17.8 Å². The summed E-state index contributed by atoms with van der Waals surface area (Å²) in [6.07, 6.45) is 2.29. The molecule has 1 fully saturated rings. The highest BCUT2D eigenvalue weighted by molar-refractivity contribution is 6.33. The van der Waals surface area contributed by atoms with Gasteiger partial charge in [0.15, 0.2) is 5.76 Å². The van der Waals surface area contributed by atoms with Crippen LogP contribution in [0.4, 0.5) is 0 Å². The first-order chi connectivity index (χ1) is 10.6. The molecule has 0 radical (unpaired) electrons. The van der Waals surface area contributed by atoms with E-state index in [1.165, 1.54) is 0 Å². The fourth-order valence-corrected chi connectivity index (χ4v) is 3.05. The normalized spacial score (nSPS) is 21.0. The fraction of sp³-hybridized carbons (Fsp3) is 0.353. The molecule has 5 heteroatoms. The van der Waals surface area contributed by atoms with Crippen molar-refractivity contribution in [2.45, 2.75) is 25.4 Å². The van der Waals surface area contributed by atoms with Gasteiger partial charge in [0.1, 0.15) is 5.76 Å². The van der Waals surface area contributed by atoms with Crippen LogP contribution in [-0.2, 0) is 0 Å². The van der Waals surface area contributed by atoms with Crippen molar-refractivity contribution in [1.29, 1.82) is 0 Å². The summed E-state index contributed by atoms with van der Waals surface area (Å²) < 4.78 is 5.60. The average molecular weight is 320 g/mol. The van der Waals surface area contributed by atoms with Gasteiger partial charge in [-0.2, -0.15) is 0 Å². The van der Waals surface area contributed by atoms with Crippen LogP contribution in [0.2, 0.25) is 5.02 Å². The number of aliphatic hydroxyl groups excluding tert-OH is 1. The highest BCUT2D eigenvalue weighted by Crippen LogP contribution is 2.29. The fourth-order valence-electron chi connectivity index (χ4n) is 2.82. The minimum absolute atomic E-state index is 0.225. The summed E-state index contributed by atoms with van der Waals surface area (Å²) in [5, 5.41) is 12.9.